The molecule has 10 nitrogen and oxygen atoms in total. The lowest BCUT2D eigenvalue weighted by Crippen LogP contribution is -2.49. The molecular weight excluding hydrogens is 454 g/mol. The second-order valence-corrected chi connectivity index (χ2v) is 9.32. The summed E-state index contributed by atoms with van der Waals surface area (Å²) in [5, 5.41) is 11.9. The molecule has 1 fully saturated rings. The molecular formula is C25H25N3O7. The van der Waals surface area contributed by atoms with Crippen LogP contribution in [0.5, 0.6) is 5.75 Å². The maximum atomic E-state index is 13.2. The van der Waals surface area contributed by atoms with E-state index in [1.807, 2.05) is 17.9 Å². The number of fused-ring (bicyclic) bond motifs is 5. The number of methoxy groups -OCH3 is 1. The van der Waals surface area contributed by atoms with Crippen molar-refractivity contribution in [2.75, 3.05) is 20.2 Å². The quantitative estimate of drug-likeness (QED) is 0.313. The van der Waals surface area contributed by atoms with E-state index < -0.39 is 21.8 Å². The number of hydrogen-bond donors (Lipinski definition) is 0. The summed E-state index contributed by atoms with van der Waals surface area (Å²) in [7, 11) is 1.54. The van der Waals surface area contributed by atoms with Gasteiger partial charge < -0.3 is 18.6 Å². The maximum absolute atomic E-state index is 13.2. The molecule has 1 saturated heterocycles. The number of hydrogen-bond acceptors (Lipinski definition) is 7. The van der Waals surface area contributed by atoms with Crippen LogP contribution in [0.15, 0.2) is 44.3 Å². The van der Waals surface area contributed by atoms with E-state index in [1.54, 1.807) is 12.1 Å². The number of rotatable bonds is 5. The van der Waals surface area contributed by atoms with Crippen LogP contribution in [0, 0.1) is 23.0 Å². The molecule has 0 saturated carbocycles. The smallest absolute Gasteiger partial charge is 0.336 e. The number of nitrogens with zero attached hydrogens (tertiary/aromatic N) is 3. The second-order valence-electron chi connectivity index (χ2n) is 9.32. The molecule has 182 valence electrons. The number of nitro groups is 1. The van der Waals surface area contributed by atoms with Crippen LogP contribution < -0.4 is 15.9 Å². The summed E-state index contributed by atoms with van der Waals surface area (Å²) in [6.07, 6.45) is 1.60. The molecule has 4 heterocycles. The van der Waals surface area contributed by atoms with Gasteiger partial charge in [-0.2, -0.15) is 0 Å². The molecule has 2 atom stereocenters. The standard InChI is InChI=1S/C25H25N3O7/c1-14-7-24(30)35-22-10-21(34-2)16(9-18(14)22)3-6-23(29)26-11-15-8-17(13-26)19-4-5-20(28(32)33)25(31)27(19)12-15/h4-5,7,9-10,15,17H,3,6,8,11-13H2,1-2H3/t15-,17?/m0/s1. The fourth-order valence-electron chi connectivity index (χ4n) is 5.45. The average Bonchev–Trinajstić information content (AvgIpc) is 2.82. The van der Waals surface area contributed by atoms with Gasteiger partial charge in [0.15, 0.2) is 0 Å². The summed E-state index contributed by atoms with van der Waals surface area (Å²) in [6, 6.07) is 7.94. The van der Waals surface area contributed by atoms with Gasteiger partial charge in [0.25, 0.3) is 0 Å². The number of ether oxygens (including phenoxy) is 1. The Labute approximate surface area is 199 Å². The van der Waals surface area contributed by atoms with Gasteiger partial charge in [-0.25, -0.2) is 4.79 Å². The van der Waals surface area contributed by atoms with Crippen LogP contribution in [0.3, 0.4) is 0 Å². The summed E-state index contributed by atoms with van der Waals surface area (Å²) in [5.41, 5.74) is 1.43. The second kappa shape index (κ2) is 8.68. The number of amides is 1. The molecule has 2 bridgehead atoms. The van der Waals surface area contributed by atoms with Crippen molar-refractivity contribution in [2.45, 2.75) is 38.6 Å². The van der Waals surface area contributed by atoms with Crippen LogP contribution in [0.4, 0.5) is 5.69 Å². The first-order chi connectivity index (χ1) is 16.7. The molecule has 1 unspecified atom stereocenters. The van der Waals surface area contributed by atoms with E-state index in [9.17, 15) is 24.5 Å². The lowest BCUT2D eigenvalue weighted by Gasteiger charge is -2.42. The zero-order valence-corrected chi connectivity index (χ0v) is 19.5. The number of likely N-dealkylation sites (tertiary alicyclic amines) is 1. The van der Waals surface area contributed by atoms with Crippen molar-refractivity contribution in [3.05, 3.63) is 78.0 Å². The van der Waals surface area contributed by atoms with E-state index in [2.05, 4.69) is 0 Å². The molecule has 2 aromatic heterocycles. The van der Waals surface area contributed by atoms with Gasteiger partial charge in [0.1, 0.15) is 11.3 Å². The summed E-state index contributed by atoms with van der Waals surface area (Å²) in [6.45, 7) is 3.21. The zero-order chi connectivity index (χ0) is 24.9. The summed E-state index contributed by atoms with van der Waals surface area (Å²) >= 11 is 0. The maximum Gasteiger partial charge on any atom is 0.336 e. The first kappa shape index (κ1) is 22.8. The lowest BCUT2D eigenvalue weighted by molar-refractivity contribution is -0.386. The van der Waals surface area contributed by atoms with Crippen molar-refractivity contribution >= 4 is 22.6 Å². The van der Waals surface area contributed by atoms with Gasteiger partial charge in [0.2, 0.25) is 5.91 Å². The van der Waals surface area contributed by atoms with Gasteiger partial charge >= 0.3 is 16.9 Å². The third-order valence-corrected chi connectivity index (χ3v) is 7.09. The highest BCUT2D eigenvalue weighted by atomic mass is 16.6. The van der Waals surface area contributed by atoms with Crippen LogP contribution in [-0.4, -0.2) is 40.5 Å². The Morgan fingerprint density at radius 2 is 2.00 bits per heavy atom. The normalized spacial score (nSPS) is 18.9. The van der Waals surface area contributed by atoms with E-state index in [4.69, 9.17) is 9.15 Å². The van der Waals surface area contributed by atoms with Crippen LogP contribution in [0.1, 0.15) is 35.6 Å². The number of pyridine rings is 1. The molecule has 0 aliphatic carbocycles. The Morgan fingerprint density at radius 3 is 2.74 bits per heavy atom. The molecule has 2 aliphatic heterocycles. The topological polar surface area (TPSA) is 125 Å². The van der Waals surface area contributed by atoms with E-state index in [0.29, 0.717) is 37.4 Å². The van der Waals surface area contributed by atoms with Gasteiger partial charge in [-0.1, -0.05) is 0 Å². The Hall–Kier alpha value is -3.95. The number of carbonyl (C=O) groups is 1. The predicted molar refractivity (Wildman–Crippen MR) is 127 cm³/mol. The molecule has 3 aromatic rings. The van der Waals surface area contributed by atoms with Gasteiger partial charge in [-0.3, -0.25) is 19.7 Å². The number of piperidine rings is 1. The van der Waals surface area contributed by atoms with Crippen molar-refractivity contribution in [3.8, 4) is 5.75 Å². The van der Waals surface area contributed by atoms with Crippen LogP contribution in [0.25, 0.3) is 11.0 Å². The highest BCUT2D eigenvalue weighted by molar-refractivity contribution is 5.83. The van der Waals surface area contributed by atoms with Gasteiger partial charge in [-0.15, -0.1) is 0 Å². The first-order valence-electron chi connectivity index (χ1n) is 11.5. The van der Waals surface area contributed by atoms with Crippen molar-refractivity contribution in [1.82, 2.24) is 9.47 Å². The lowest BCUT2D eigenvalue weighted by atomic mass is 9.83. The summed E-state index contributed by atoms with van der Waals surface area (Å²) in [5.74, 6) is 0.617. The van der Waals surface area contributed by atoms with E-state index in [0.717, 1.165) is 28.6 Å². The van der Waals surface area contributed by atoms with Crippen LogP contribution >= 0.6 is 0 Å². The SMILES string of the molecule is COc1cc2oc(=O)cc(C)c2cc1CCC(=O)N1CC2C[C@@H](C1)Cn1c2ccc([N+](=O)[O-])c1=O. The van der Waals surface area contributed by atoms with E-state index in [1.165, 1.54) is 23.8 Å². The van der Waals surface area contributed by atoms with Crippen LogP contribution in [-0.2, 0) is 17.8 Å². The monoisotopic (exact) mass is 479 g/mol. The number of benzene rings is 1. The highest BCUT2D eigenvalue weighted by Gasteiger charge is 2.37. The molecule has 1 aromatic carbocycles. The third kappa shape index (κ3) is 4.09. The summed E-state index contributed by atoms with van der Waals surface area (Å²) < 4.78 is 12.3. The largest absolute Gasteiger partial charge is 0.496 e. The Kier molecular flexibility index (Phi) is 5.66. The Bertz CT molecular complexity index is 1470. The Balaban J connectivity index is 1.34. The van der Waals surface area contributed by atoms with Gasteiger partial charge in [0, 0.05) is 61.3 Å². The average molecular weight is 479 g/mol. The van der Waals surface area contributed by atoms with Gasteiger partial charge in [0.05, 0.1) is 12.0 Å². The molecule has 2 aliphatic rings. The van der Waals surface area contributed by atoms with Crippen molar-refractivity contribution in [3.63, 3.8) is 0 Å². The van der Waals surface area contributed by atoms with E-state index >= 15 is 0 Å². The number of aromatic nitrogens is 1. The fourth-order valence-corrected chi connectivity index (χ4v) is 5.45. The Morgan fingerprint density at radius 1 is 1.20 bits per heavy atom. The summed E-state index contributed by atoms with van der Waals surface area (Å²) in [4.78, 5) is 49.8. The van der Waals surface area contributed by atoms with E-state index in [-0.39, 0.29) is 24.2 Å². The fraction of sp³-hybridized carbons (Fsp3) is 0.400. The molecule has 1 amide bonds. The molecule has 0 spiro atoms. The minimum Gasteiger partial charge on any atom is -0.496 e. The van der Waals surface area contributed by atoms with Crippen molar-refractivity contribution in [2.24, 2.45) is 5.92 Å². The first-order valence-corrected chi connectivity index (χ1v) is 11.5. The number of aryl methyl sites for hydroxylation is 2. The minimum atomic E-state index is -0.647. The van der Waals surface area contributed by atoms with Crippen molar-refractivity contribution in [1.29, 1.82) is 0 Å². The third-order valence-electron chi connectivity index (χ3n) is 7.09. The number of carbonyl (C=O) groups excluding carboxylic acids is 1. The molecule has 0 radical (unpaired) electrons. The van der Waals surface area contributed by atoms with Crippen LogP contribution in [0.2, 0.25) is 0 Å². The minimum absolute atomic E-state index is 0.0101. The van der Waals surface area contributed by atoms with Gasteiger partial charge in [-0.05, 0) is 48.9 Å². The highest BCUT2D eigenvalue weighted by Crippen LogP contribution is 2.36. The predicted octanol–water partition coefficient (Wildman–Crippen LogP) is 2.76. The molecule has 35 heavy (non-hydrogen) atoms. The molecule has 0 N–H and O–H groups in total. The molecule has 10 heteroatoms. The zero-order valence-electron chi connectivity index (χ0n) is 19.5. The van der Waals surface area contributed by atoms with Crippen molar-refractivity contribution < 1.29 is 18.9 Å². The molecule has 5 rings (SSSR count).